The normalized spacial score (nSPS) is 10.8. The fourth-order valence-electron chi connectivity index (χ4n) is 2.03. The quantitative estimate of drug-likeness (QED) is 0.794. The highest BCUT2D eigenvalue weighted by molar-refractivity contribution is 5.72. The number of anilines is 2. The Labute approximate surface area is 119 Å². The lowest BCUT2D eigenvalue weighted by molar-refractivity contribution is 0.244. The topological polar surface area (TPSA) is 65.1 Å². The molecule has 5 nitrogen and oxygen atoms in total. The molecule has 0 bridgehead atoms. The van der Waals surface area contributed by atoms with Crippen molar-refractivity contribution in [2.24, 2.45) is 7.05 Å². The number of nitrogens with two attached hydrogens (primary N) is 1. The van der Waals surface area contributed by atoms with Crippen molar-refractivity contribution >= 4 is 11.4 Å². The molecule has 0 saturated heterocycles. The van der Waals surface area contributed by atoms with E-state index in [1.54, 1.807) is 6.20 Å². The first kappa shape index (κ1) is 14.2. The minimum absolute atomic E-state index is 0.113. The number of aromatic nitrogens is 2. The van der Waals surface area contributed by atoms with Gasteiger partial charge in [0.2, 0.25) is 0 Å². The molecule has 0 amide bonds. The molecule has 0 fully saturated rings. The Balaban J connectivity index is 1.97. The zero-order valence-electron chi connectivity index (χ0n) is 12.3. The Morgan fingerprint density at radius 2 is 2.15 bits per heavy atom. The van der Waals surface area contributed by atoms with Crippen LogP contribution in [-0.2, 0) is 13.5 Å². The van der Waals surface area contributed by atoms with Gasteiger partial charge >= 0.3 is 0 Å². The number of nitrogen functional groups attached to an aromatic ring is 1. The summed E-state index contributed by atoms with van der Waals surface area (Å²) < 4.78 is 7.56. The van der Waals surface area contributed by atoms with Crippen molar-refractivity contribution in [1.82, 2.24) is 9.78 Å². The minimum atomic E-state index is 0.113. The maximum atomic E-state index is 6.12. The predicted octanol–water partition coefficient (Wildman–Crippen LogP) is 2.44. The van der Waals surface area contributed by atoms with Crippen LogP contribution in [0, 0.1) is 0 Å². The van der Waals surface area contributed by atoms with E-state index in [2.05, 4.69) is 10.4 Å². The standard InChI is InChI=1S/C15H22N4O/c1-11(2)20-14-6-4-5-13(15(14)16)17-9-7-12-8-10-18-19(12)3/h4-6,8,10-11,17H,7,9,16H2,1-3H3. The van der Waals surface area contributed by atoms with Crippen LogP contribution in [0.2, 0.25) is 0 Å². The monoisotopic (exact) mass is 274 g/mol. The molecule has 1 aromatic carbocycles. The van der Waals surface area contributed by atoms with Gasteiger partial charge in [-0.05, 0) is 32.0 Å². The third kappa shape index (κ3) is 3.44. The molecule has 1 heterocycles. The second kappa shape index (κ2) is 6.32. The molecule has 0 spiro atoms. The fourth-order valence-corrected chi connectivity index (χ4v) is 2.03. The highest BCUT2D eigenvalue weighted by Gasteiger charge is 2.07. The summed E-state index contributed by atoms with van der Waals surface area (Å²) in [5.41, 5.74) is 8.87. The fraction of sp³-hybridized carbons (Fsp3) is 0.400. The largest absolute Gasteiger partial charge is 0.489 e. The molecule has 5 heteroatoms. The van der Waals surface area contributed by atoms with Crippen molar-refractivity contribution in [3.63, 3.8) is 0 Å². The summed E-state index contributed by atoms with van der Waals surface area (Å²) in [6, 6.07) is 7.82. The van der Waals surface area contributed by atoms with Crippen molar-refractivity contribution in [1.29, 1.82) is 0 Å². The lowest BCUT2D eigenvalue weighted by Crippen LogP contribution is -2.11. The molecular weight excluding hydrogens is 252 g/mol. The minimum Gasteiger partial charge on any atom is -0.489 e. The van der Waals surface area contributed by atoms with Gasteiger partial charge in [-0.15, -0.1) is 0 Å². The first-order valence-corrected chi connectivity index (χ1v) is 6.84. The van der Waals surface area contributed by atoms with E-state index in [4.69, 9.17) is 10.5 Å². The van der Waals surface area contributed by atoms with Gasteiger partial charge < -0.3 is 15.8 Å². The number of para-hydroxylation sites is 1. The Kier molecular flexibility index (Phi) is 4.50. The summed E-state index contributed by atoms with van der Waals surface area (Å²) in [7, 11) is 1.95. The molecule has 0 radical (unpaired) electrons. The van der Waals surface area contributed by atoms with Gasteiger partial charge in [0.05, 0.1) is 17.5 Å². The molecule has 0 aliphatic carbocycles. The van der Waals surface area contributed by atoms with Crippen molar-refractivity contribution in [3.8, 4) is 5.75 Å². The molecule has 2 aromatic rings. The molecule has 3 N–H and O–H groups in total. The molecule has 0 atom stereocenters. The summed E-state index contributed by atoms with van der Waals surface area (Å²) in [5, 5.41) is 7.50. The van der Waals surface area contributed by atoms with Crippen molar-refractivity contribution in [2.45, 2.75) is 26.4 Å². The number of hydrogen-bond donors (Lipinski definition) is 2. The van der Waals surface area contributed by atoms with E-state index >= 15 is 0 Å². The number of ether oxygens (including phenoxy) is 1. The molecular formula is C15H22N4O. The van der Waals surface area contributed by atoms with Crippen LogP contribution in [0.3, 0.4) is 0 Å². The van der Waals surface area contributed by atoms with Gasteiger partial charge in [0.1, 0.15) is 5.75 Å². The van der Waals surface area contributed by atoms with Crippen LogP contribution >= 0.6 is 0 Å². The van der Waals surface area contributed by atoms with Crippen molar-refractivity contribution < 1.29 is 4.74 Å². The summed E-state index contributed by atoms with van der Waals surface area (Å²) in [6.45, 7) is 4.78. The summed E-state index contributed by atoms with van der Waals surface area (Å²) in [6.07, 6.45) is 2.81. The van der Waals surface area contributed by atoms with Gasteiger partial charge in [0.25, 0.3) is 0 Å². The van der Waals surface area contributed by atoms with E-state index in [0.29, 0.717) is 5.69 Å². The number of hydrogen-bond acceptors (Lipinski definition) is 4. The van der Waals surface area contributed by atoms with Gasteiger partial charge in [-0.2, -0.15) is 5.10 Å². The highest BCUT2D eigenvalue weighted by Crippen LogP contribution is 2.29. The Morgan fingerprint density at radius 1 is 1.35 bits per heavy atom. The third-order valence-corrected chi connectivity index (χ3v) is 3.05. The van der Waals surface area contributed by atoms with Gasteiger partial charge in [-0.25, -0.2) is 0 Å². The van der Waals surface area contributed by atoms with Crippen LogP contribution in [0.25, 0.3) is 0 Å². The molecule has 0 unspecified atom stereocenters. The van der Waals surface area contributed by atoms with Crippen molar-refractivity contribution in [2.75, 3.05) is 17.6 Å². The molecule has 1 aromatic heterocycles. The summed E-state index contributed by atoms with van der Waals surface area (Å²) in [4.78, 5) is 0. The number of rotatable bonds is 6. The molecule has 2 rings (SSSR count). The van der Waals surface area contributed by atoms with Crippen molar-refractivity contribution in [3.05, 3.63) is 36.2 Å². The Bertz CT molecular complexity index is 563. The Morgan fingerprint density at radius 3 is 2.80 bits per heavy atom. The van der Waals surface area contributed by atoms with E-state index in [1.165, 1.54) is 5.69 Å². The lowest BCUT2D eigenvalue weighted by atomic mass is 10.2. The van der Waals surface area contributed by atoms with Crippen LogP contribution in [0.15, 0.2) is 30.5 Å². The van der Waals surface area contributed by atoms with Crippen LogP contribution < -0.4 is 15.8 Å². The maximum absolute atomic E-state index is 6.12. The van der Waals surface area contributed by atoms with Crippen LogP contribution in [0.1, 0.15) is 19.5 Å². The van der Waals surface area contributed by atoms with Crippen LogP contribution in [0.4, 0.5) is 11.4 Å². The van der Waals surface area contributed by atoms with E-state index < -0.39 is 0 Å². The number of nitrogens with one attached hydrogen (secondary N) is 1. The average Bonchev–Trinajstić information content (AvgIpc) is 2.79. The SMILES string of the molecule is CC(C)Oc1cccc(NCCc2ccnn2C)c1N. The number of benzene rings is 1. The molecule has 20 heavy (non-hydrogen) atoms. The van der Waals surface area contributed by atoms with Gasteiger partial charge in [-0.1, -0.05) is 6.07 Å². The van der Waals surface area contributed by atoms with Gasteiger partial charge in [0, 0.05) is 31.9 Å². The smallest absolute Gasteiger partial charge is 0.144 e. The number of nitrogens with zero attached hydrogens (tertiary/aromatic N) is 2. The third-order valence-electron chi connectivity index (χ3n) is 3.05. The van der Waals surface area contributed by atoms with E-state index in [0.717, 1.165) is 24.4 Å². The first-order chi connectivity index (χ1) is 9.58. The molecule has 0 aliphatic rings. The summed E-state index contributed by atoms with van der Waals surface area (Å²) in [5.74, 6) is 0.727. The first-order valence-electron chi connectivity index (χ1n) is 6.84. The molecule has 0 saturated carbocycles. The van der Waals surface area contributed by atoms with Crippen LogP contribution in [-0.4, -0.2) is 22.4 Å². The van der Waals surface area contributed by atoms with Crippen LogP contribution in [0.5, 0.6) is 5.75 Å². The van der Waals surface area contributed by atoms with E-state index in [1.807, 2.05) is 49.8 Å². The second-order valence-electron chi connectivity index (χ2n) is 5.01. The van der Waals surface area contributed by atoms with E-state index in [9.17, 15) is 0 Å². The predicted molar refractivity (Wildman–Crippen MR) is 82.0 cm³/mol. The van der Waals surface area contributed by atoms with E-state index in [-0.39, 0.29) is 6.10 Å². The summed E-state index contributed by atoms with van der Waals surface area (Å²) >= 11 is 0. The van der Waals surface area contributed by atoms with Gasteiger partial charge in [-0.3, -0.25) is 4.68 Å². The Hall–Kier alpha value is -2.17. The zero-order chi connectivity index (χ0) is 14.5. The van der Waals surface area contributed by atoms with Gasteiger partial charge in [0.15, 0.2) is 0 Å². The zero-order valence-corrected chi connectivity index (χ0v) is 12.3. The molecule has 0 aliphatic heterocycles. The molecule has 108 valence electrons. The maximum Gasteiger partial charge on any atom is 0.144 e. The number of aryl methyl sites for hydroxylation is 1. The lowest BCUT2D eigenvalue weighted by Gasteiger charge is -2.15. The average molecular weight is 274 g/mol. The second-order valence-corrected chi connectivity index (χ2v) is 5.01. The highest BCUT2D eigenvalue weighted by atomic mass is 16.5.